The van der Waals surface area contributed by atoms with E-state index in [1.165, 1.54) is 43.9 Å². The average Bonchev–Trinajstić information content (AvgIpc) is 2.79. The maximum atomic E-state index is 12.2. The van der Waals surface area contributed by atoms with Gasteiger partial charge in [0.2, 0.25) is 10.0 Å². The number of nitrogens with one attached hydrogen (secondary N) is 1. The van der Waals surface area contributed by atoms with Crippen molar-refractivity contribution in [1.82, 2.24) is 4.98 Å². The van der Waals surface area contributed by atoms with Crippen LogP contribution in [-0.2, 0) is 10.0 Å². The first kappa shape index (κ1) is 23.3. The highest BCUT2D eigenvalue weighted by Crippen LogP contribution is 2.29. The summed E-state index contributed by atoms with van der Waals surface area (Å²) in [6.07, 6.45) is 4.24. The van der Waals surface area contributed by atoms with Crippen LogP contribution >= 0.6 is 0 Å². The van der Waals surface area contributed by atoms with E-state index in [1.54, 1.807) is 18.2 Å². The standard InChI is InChI=1S/C20H17N5O7S/c1-31-19-9-13(4-7-18(19)32-20(26)14-3-2-8-22-12-14)11-23-24-16-6-5-15(33(21,29)30)10-17(16)25(27)28/h2-12,24H,1H3,(H2,21,29,30)/b23-11+. The molecule has 3 N–H and O–H groups in total. The largest absolute Gasteiger partial charge is 0.493 e. The van der Waals surface area contributed by atoms with Gasteiger partial charge in [-0.3, -0.25) is 20.5 Å². The number of nitro benzene ring substituents is 1. The molecule has 1 aromatic heterocycles. The number of primary sulfonamides is 1. The number of nitro groups is 1. The van der Waals surface area contributed by atoms with E-state index >= 15 is 0 Å². The number of carbonyl (C=O) groups excluding carboxylic acids is 1. The van der Waals surface area contributed by atoms with E-state index in [2.05, 4.69) is 15.5 Å². The van der Waals surface area contributed by atoms with Crippen LogP contribution in [0.25, 0.3) is 0 Å². The number of anilines is 1. The number of nitrogens with two attached hydrogens (primary N) is 1. The van der Waals surface area contributed by atoms with Crippen molar-refractivity contribution in [3.63, 3.8) is 0 Å². The molecule has 0 bridgehead atoms. The molecule has 0 amide bonds. The van der Waals surface area contributed by atoms with Crippen molar-refractivity contribution >= 4 is 33.6 Å². The van der Waals surface area contributed by atoms with Crippen LogP contribution in [0.1, 0.15) is 15.9 Å². The lowest BCUT2D eigenvalue weighted by Crippen LogP contribution is -2.12. The van der Waals surface area contributed by atoms with Gasteiger partial charge in [-0.15, -0.1) is 0 Å². The van der Waals surface area contributed by atoms with Crippen LogP contribution in [0.4, 0.5) is 11.4 Å². The molecule has 0 aliphatic heterocycles. The third kappa shape index (κ3) is 5.87. The average molecular weight is 471 g/mol. The number of hydrazone groups is 1. The first-order valence-corrected chi connectivity index (χ1v) is 10.6. The van der Waals surface area contributed by atoms with Crippen molar-refractivity contribution in [2.24, 2.45) is 10.2 Å². The minimum absolute atomic E-state index is 0.0439. The van der Waals surface area contributed by atoms with Gasteiger partial charge in [-0.05, 0) is 48.0 Å². The second-order valence-electron chi connectivity index (χ2n) is 6.39. The SMILES string of the molecule is COc1cc(/C=N/Nc2ccc(S(N)(=O)=O)cc2[N+](=O)[O-])ccc1OC(=O)c1cccnc1. The van der Waals surface area contributed by atoms with Gasteiger partial charge in [0.25, 0.3) is 5.69 Å². The quantitative estimate of drug-likeness (QED) is 0.164. The molecule has 0 spiro atoms. The maximum absolute atomic E-state index is 12.2. The Balaban J connectivity index is 1.77. The summed E-state index contributed by atoms with van der Waals surface area (Å²) in [5, 5.41) is 20.2. The number of benzene rings is 2. The van der Waals surface area contributed by atoms with Gasteiger partial charge >= 0.3 is 5.97 Å². The first-order chi connectivity index (χ1) is 15.7. The Morgan fingerprint density at radius 3 is 2.64 bits per heavy atom. The zero-order chi connectivity index (χ0) is 24.0. The topological polar surface area (TPSA) is 176 Å². The van der Waals surface area contributed by atoms with Crippen molar-refractivity contribution < 1.29 is 27.6 Å². The van der Waals surface area contributed by atoms with Crippen molar-refractivity contribution in [3.8, 4) is 11.5 Å². The number of pyridine rings is 1. The molecule has 3 rings (SSSR count). The third-order valence-electron chi connectivity index (χ3n) is 4.18. The second kappa shape index (κ2) is 9.84. The number of methoxy groups -OCH3 is 1. The number of ether oxygens (including phenoxy) is 2. The van der Waals surface area contributed by atoms with Gasteiger partial charge in [-0.1, -0.05) is 0 Å². The number of carbonyl (C=O) groups is 1. The van der Waals surface area contributed by atoms with E-state index in [0.29, 0.717) is 5.56 Å². The Labute approximate surface area is 187 Å². The predicted molar refractivity (Wildman–Crippen MR) is 118 cm³/mol. The summed E-state index contributed by atoms with van der Waals surface area (Å²) in [6, 6.07) is 10.9. The Morgan fingerprint density at radius 2 is 2.00 bits per heavy atom. The molecule has 0 saturated heterocycles. The van der Waals surface area contributed by atoms with Crippen molar-refractivity contribution in [3.05, 3.63) is 82.2 Å². The van der Waals surface area contributed by atoms with Crippen LogP contribution in [0.5, 0.6) is 11.5 Å². The zero-order valence-corrected chi connectivity index (χ0v) is 17.9. The lowest BCUT2D eigenvalue weighted by molar-refractivity contribution is -0.384. The van der Waals surface area contributed by atoms with E-state index in [4.69, 9.17) is 14.6 Å². The summed E-state index contributed by atoms with van der Waals surface area (Å²) >= 11 is 0. The van der Waals surface area contributed by atoms with E-state index in [-0.39, 0.29) is 22.7 Å². The van der Waals surface area contributed by atoms with E-state index in [1.807, 2.05) is 0 Å². The van der Waals surface area contributed by atoms with E-state index in [9.17, 15) is 23.3 Å². The zero-order valence-electron chi connectivity index (χ0n) is 17.0. The number of nitrogens with zero attached hydrogens (tertiary/aromatic N) is 3. The molecular weight excluding hydrogens is 454 g/mol. The van der Waals surface area contributed by atoms with Gasteiger partial charge < -0.3 is 9.47 Å². The monoisotopic (exact) mass is 471 g/mol. The number of hydrogen-bond donors (Lipinski definition) is 2. The Hall–Kier alpha value is -4.36. The molecule has 12 nitrogen and oxygen atoms in total. The smallest absolute Gasteiger partial charge is 0.345 e. The Kier molecular flexibility index (Phi) is 6.95. The molecule has 0 fully saturated rings. The molecule has 0 aliphatic rings. The van der Waals surface area contributed by atoms with Gasteiger partial charge in [0, 0.05) is 18.5 Å². The summed E-state index contributed by atoms with van der Waals surface area (Å²) in [4.78, 5) is 26.2. The molecule has 13 heteroatoms. The maximum Gasteiger partial charge on any atom is 0.345 e. The molecule has 0 aliphatic carbocycles. The van der Waals surface area contributed by atoms with Crippen LogP contribution in [-0.4, -0.2) is 37.6 Å². The minimum atomic E-state index is -4.10. The van der Waals surface area contributed by atoms with E-state index in [0.717, 1.165) is 12.1 Å². The number of esters is 1. The molecule has 0 atom stereocenters. The molecule has 1 heterocycles. The normalized spacial score (nSPS) is 11.2. The third-order valence-corrected chi connectivity index (χ3v) is 5.09. The molecule has 0 radical (unpaired) electrons. The van der Waals surface area contributed by atoms with Crippen molar-refractivity contribution in [2.45, 2.75) is 4.90 Å². The summed E-state index contributed by atoms with van der Waals surface area (Å²) < 4.78 is 33.4. The number of rotatable bonds is 8. The minimum Gasteiger partial charge on any atom is -0.493 e. The molecule has 0 saturated carbocycles. The second-order valence-corrected chi connectivity index (χ2v) is 7.95. The van der Waals surface area contributed by atoms with Gasteiger partial charge in [-0.25, -0.2) is 18.4 Å². The van der Waals surface area contributed by atoms with E-state index < -0.39 is 31.5 Å². The van der Waals surface area contributed by atoms with Crippen LogP contribution in [0, 0.1) is 10.1 Å². The lowest BCUT2D eigenvalue weighted by Gasteiger charge is -2.10. The van der Waals surface area contributed by atoms with Crippen LogP contribution in [0.2, 0.25) is 0 Å². The fraction of sp³-hybridized carbons (Fsp3) is 0.0500. The first-order valence-electron chi connectivity index (χ1n) is 9.09. The fourth-order valence-corrected chi connectivity index (χ4v) is 3.14. The van der Waals surface area contributed by atoms with Gasteiger partial charge in [0.1, 0.15) is 5.69 Å². The highest BCUT2D eigenvalue weighted by molar-refractivity contribution is 7.89. The number of aromatic nitrogens is 1. The Morgan fingerprint density at radius 1 is 1.21 bits per heavy atom. The van der Waals surface area contributed by atoms with Crippen molar-refractivity contribution in [1.29, 1.82) is 0 Å². The van der Waals surface area contributed by atoms with Crippen LogP contribution < -0.4 is 20.0 Å². The molecule has 2 aromatic carbocycles. The van der Waals surface area contributed by atoms with Gasteiger partial charge in [0.15, 0.2) is 11.5 Å². The molecule has 3 aromatic rings. The van der Waals surface area contributed by atoms with Crippen LogP contribution in [0.15, 0.2) is 70.9 Å². The number of hydrogen-bond acceptors (Lipinski definition) is 10. The highest BCUT2D eigenvalue weighted by Gasteiger charge is 2.19. The Bertz CT molecular complexity index is 1330. The number of sulfonamides is 1. The molecule has 0 unspecified atom stereocenters. The highest BCUT2D eigenvalue weighted by atomic mass is 32.2. The molecule has 170 valence electrons. The van der Waals surface area contributed by atoms with Crippen molar-refractivity contribution in [2.75, 3.05) is 12.5 Å². The molecular formula is C20H17N5O7S. The summed E-state index contributed by atoms with van der Waals surface area (Å²) in [5.41, 5.74) is 2.71. The van der Waals surface area contributed by atoms with Gasteiger partial charge in [0.05, 0.1) is 28.7 Å². The lowest BCUT2D eigenvalue weighted by atomic mass is 10.2. The summed E-state index contributed by atoms with van der Waals surface area (Å²) in [5.74, 6) is -0.190. The molecule has 33 heavy (non-hydrogen) atoms. The summed E-state index contributed by atoms with van der Waals surface area (Å²) in [6.45, 7) is 0. The van der Waals surface area contributed by atoms with Crippen LogP contribution in [0.3, 0.4) is 0 Å². The fourth-order valence-electron chi connectivity index (χ4n) is 2.60. The summed E-state index contributed by atoms with van der Waals surface area (Å²) in [7, 11) is -2.71. The van der Waals surface area contributed by atoms with Gasteiger partial charge in [-0.2, -0.15) is 5.10 Å². The predicted octanol–water partition coefficient (Wildman–Crippen LogP) is 2.31.